The van der Waals surface area contributed by atoms with Crippen molar-refractivity contribution < 1.29 is 9.90 Å². The number of aliphatic hydroxyl groups is 1. The lowest BCUT2D eigenvalue weighted by Crippen LogP contribution is -2.37. The number of aromatic nitrogens is 2. The van der Waals surface area contributed by atoms with E-state index in [1.54, 1.807) is 0 Å². The van der Waals surface area contributed by atoms with Crippen molar-refractivity contribution in [3.05, 3.63) is 59.7 Å². The van der Waals surface area contributed by atoms with Gasteiger partial charge in [-0.05, 0) is 18.4 Å². The minimum atomic E-state index is -0.503. The number of Topliss-reactive ketones (excluding diaryl/α,β-unsaturated/α-hetero) is 1. The summed E-state index contributed by atoms with van der Waals surface area (Å²) in [7, 11) is 0. The van der Waals surface area contributed by atoms with Crippen LogP contribution in [0.3, 0.4) is 0 Å². The van der Waals surface area contributed by atoms with Crippen molar-refractivity contribution in [2.24, 2.45) is 0 Å². The summed E-state index contributed by atoms with van der Waals surface area (Å²) in [5.74, 6) is 0.413. The lowest BCUT2D eigenvalue weighted by atomic mass is 9.62. The quantitative estimate of drug-likeness (QED) is 0.855. The monoisotopic (exact) mass is 282 g/mol. The summed E-state index contributed by atoms with van der Waals surface area (Å²) in [5, 5.41) is 8.83. The summed E-state index contributed by atoms with van der Waals surface area (Å²) in [6, 6.07) is 10.5. The first kappa shape index (κ1) is 13.9. The van der Waals surface area contributed by atoms with Crippen LogP contribution in [-0.4, -0.2) is 27.5 Å². The van der Waals surface area contributed by atoms with Gasteiger partial charge in [-0.2, -0.15) is 0 Å². The number of carbonyl (C=O) groups is 1. The molecule has 0 amide bonds. The van der Waals surface area contributed by atoms with E-state index in [-0.39, 0.29) is 11.2 Å². The van der Waals surface area contributed by atoms with E-state index in [1.807, 2.05) is 6.07 Å². The summed E-state index contributed by atoms with van der Waals surface area (Å²) >= 11 is 0. The molecular weight excluding hydrogens is 264 g/mol. The maximum atomic E-state index is 11.4. The van der Waals surface area contributed by atoms with Crippen LogP contribution >= 0.6 is 0 Å². The largest absolute Gasteiger partial charge is 0.388 e. The second-order valence-electron chi connectivity index (χ2n) is 5.65. The highest BCUT2D eigenvalue weighted by molar-refractivity contribution is 5.96. The standard InChI is InChI=1S/C17H18N2O2/c20-12-15(21)13-10-18-16(19-11-13)9-17(7-4-8-17)14-5-2-1-3-6-14/h1-3,5-6,10-11,20H,4,7-9,12H2. The summed E-state index contributed by atoms with van der Waals surface area (Å²) in [4.78, 5) is 20.0. The number of rotatable bonds is 5. The minimum absolute atomic E-state index is 0.143. The average molecular weight is 282 g/mol. The Labute approximate surface area is 123 Å². The van der Waals surface area contributed by atoms with E-state index in [1.165, 1.54) is 24.4 Å². The molecule has 1 aliphatic rings. The summed E-state index contributed by atoms with van der Waals surface area (Å²) < 4.78 is 0. The molecule has 0 saturated heterocycles. The van der Waals surface area contributed by atoms with Crippen LogP contribution < -0.4 is 0 Å². The summed E-state index contributed by atoms with van der Waals surface area (Å²) in [6.07, 6.45) is 7.35. The molecule has 4 heteroatoms. The first-order valence-electron chi connectivity index (χ1n) is 7.24. The van der Waals surface area contributed by atoms with Gasteiger partial charge in [0.1, 0.15) is 12.4 Å². The minimum Gasteiger partial charge on any atom is -0.388 e. The van der Waals surface area contributed by atoms with Gasteiger partial charge in [0.05, 0.1) is 5.56 Å². The molecule has 0 radical (unpaired) electrons. The lowest BCUT2D eigenvalue weighted by molar-refractivity contribution is 0.0903. The number of hydrogen-bond acceptors (Lipinski definition) is 4. The van der Waals surface area contributed by atoms with Crippen LogP contribution in [-0.2, 0) is 11.8 Å². The highest BCUT2D eigenvalue weighted by Gasteiger charge is 2.39. The molecule has 1 N–H and O–H groups in total. The fourth-order valence-corrected chi connectivity index (χ4v) is 2.95. The van der Waals surface area contributed by atoms with Crippen LogP contribution in [0.15, 0.2) is 42.7 Å². The number of carbonyl (C=O) groups excluding carboxylic acids is 1. The van der Waals surface area contributed by atoms with Crippen LogP contribution in [0.1, 0.15) is 41.0 Å². The molecule has 1 aliphatic carbocycles. The highest BCUT2D eigenvalue weighted by atomic mass is 16.3. The topological polar surface area (TPSA) is 63.1 Å². The van der Waals surface area contributed by atoms with E-state index < -0.39 is 6.61 Å². The van der Waals surface area contributed by atoms with E-state index in [4.69, 9.17) is 5.11 Å². The molecule has 4 nitrogen and oxygen atoms in total. The molecule has 1 saturated carbocycles. The molecule has 0 atom stereocenters. The smallest absolute Gasteiger partial charge is 0.191 e. The summed E-state index contributed by atoms with van der Waals surface area (Å²) in [6.45, 7) is -0.503. The maximum Gasteiger partial charge on any atom is 0.191 e. The Morgan fingerprint density at radius 1 is 1.14 bits per heavy atom. The third kappa shape index (κ3) is 2.72. The predicted octanol–water partition coefficient (Wildman–Crippen LogP) is 2.32. The molecule has 21 heavy (non-hydrogen) atoms. The molecular formula is C17H18N2O2. The van der Waals surface area contributed by atoms with Crippen LogP contribution in [0.2, 0.25) is 0 Å². The fourth-order valence-electron chi connectivity index (χ4n) is 2.95. The molecule has 2 aromatic rings. The summed E-state index contributed by atoms with van der Waals surface area (Å²) in [5.41, 5.74) is 1.85. The average Bonchev–Trinajstić information content (AvgIpc) is 2.51. The highest BCUT2D eigenvalue weighted by Crippen LogP contribution is 2.45. The van der Waals surface area contributed by atoms with E-state index in [0.29, 0.717) is 5.56 Å². The third-order valence-corrected chi connectivity index (χ3v) is 4.36. The van der Waals surface area contributed by atoms with Gasteiger partial charge < -0.3 is 5.11 Å². The fraction of sp³-hybridized carbons (Fsp3) is 0.353. The Hall–Kier alpha value is -2.07. The Morgan fingerprint density at radius 3 is 2.33 bits per heavy atom. The van der Waals surface area contributed by atoms with Gasteiger partial charge in [0.15, 0.2) is 5.78 Å². The molecule has 3 rings (SSSR count). The van der Waals surface area contributed by atoms with Gasteiger partial charge in [-0.25, -0.2) is 9.97 Å². The van der Waals surface area contributed by atoms with Gasteiger partial charge in [0, 0.05) is 24.2 Å². The SMILES string of the molecule is O=C(CO)c1cnc(CC2(c3ccccc3)CCC2)nc1. The van der Waals surface area contributed by atoms with Gasteiger partial charge in [-0.15, -0.1) is 0 Å². The van der Waals surface area contributed by atoms with Crippen LogP contribution in [0, 0.1) is 0 Å². The zero-order valence-corrected chi connectivity index (χ0v) is 11.8. The number of aliphatic hydroxyl groups excluding tert-OH is 1. The Bertz CT molecular complexity index is 619. The van der Waals surface area contributed by atoms with Crippen LogP contribution in [0.5, 0.6) is 0 Å². The molecule has 0 aliphatic heterocycles. The number of hydrogen-bond donors (Lipinski definition) is 1. The second-order valence-corrected chi connectivity index (χ2v) is 5.65. The molecule has 1 aromatic heterocycles. The molecule has 1 aromatic carbocycles. The predicted molar refractivity (Wildman–Crippen MR) is 79.1 cm³/mol. The van der Waals surface area contributed by atoms with Crippen molar-refractivity contribution in [3.63, 3.8) is 0 Å². The molecule has 1 heterocycles. The van der Waals surface area contributed by atoms with Crippen LogP contribution in [0.4, 0.5) is 0 Å². The first-order chi connectivity index (χ1) is 10.2. The first-order valence-corrected chi connectivity index (χ1v) is 7.24. The van der Waals surface area contributed by atoms with Crippen molar-refractivity contribution in [3.8, 4) is 0 Å². The van der Waals surface area contributed by atoms with Gasteiger partial charge in [-0.3, -0.25) is 4.79 Å². The van der Waals surface area contributed by atoms with Crippen molar-refractivity contribution in [2.45, 2.75) is 31.1 Å². The van der Waals surface area contributed by atoms with Gasteiger partial charge in [-0.1, -0.05) is 36.8 Å². The maximum absolute atomic E-state index is 11.4. The molecule has 1 fully saturated rings. The lowest BCUT2D eigenvalue weighted by Gasteiger charge is -2.42. The van der Waals surface area contributed by atoms with E-state index >= 15 is 0 Å². The van der Waals surface area contributed by atoms with E-state index in [9.17, 15) is 4.79 Å². The third-order valence-electron chi connectivity index (χ3n) is 4.36. The molecule has 108 valence electrons. The van der Waals surface area contributed by atoms with Crippen LogP contribution in [0.25, 0.3) is 0 Å². The van der Waals surface area contributed by atoms with Crippen molar-refractivity contribution >= 4 is 5.78 Å². The Kier molecular flexibility index (Phi) is 3.80. The molecule has 0 spiro atoms. The van der Waals surface area contributed by atoms with Crippen molar-refractivity contribution in [1.29, 1.82) is 0 Å². The zero-order valence-electron chi connectivity index (χ0n) is 11.8. The van der Waals surface area contributed by atoms with Gasteiger partial charge in [0.25, 0.3) is 0 Å². The Morgan fingerprint density at radius 2 is 1.81 bits per heavy atom. The molecule has 0 bridgehead atoms. The number of nitrogens with zero attached hydrogens (tertiary/aromatic N) is 2. The van der Waals surface area contributed by atoms with Crippen molar-refractivity contribution in [1.82, 2.24) is 9.97 Å². The van der Waals surface area contributed by atoms with Gasteiger partial charge in [0.2, 0.25) is 0 Å². The van der Waals surface area contributed by atoms with E-state index in [2.05, 4.69) is 34.2 Å². The second kappa shape index (κ2) is 5.74. The van der Waals surface area contributed by atoms with Gasteiger partial charge >= 0.3 is 0 Å². The van der Waals surface area contributed by atoms with E-state index in [0.717, 1.165) is 25.1 Å². The number of benzene rings is 1. The van der Waals surface area contributed by atoms with Crippen molar-refractivity contribution in [2.75, 3.05) is 6.61 Å². The zero-order chi connectivity index (χ0) is 14.7. The number of ketones is 1. The Balaban J connectivity index is 1.80. The molecule has 0 unspecified atom stereocenters. The normalized spacial score (nSPS) is 16.2.